The van der Waals surface area contributed by atoms with Gasteiger partial charge in [-0.3, -0.25) is 9.59 Å². The third-order valence-electron chi connectivity index (χ3n) is 5.02. The lowest BCUT2D eigenvalue weighted by Gasteiger charge is -2.27. The highest BCUT2D eigenvalue weighted by molar-refractivity contribution is 9.09. The van der Waals surface area contributed by atoms with E-state index in [9.17, 15) is 14.4 Å². The van der Waals surface area contributed by atoms with Crippen molar-refractivity contribution in [1.29, 1.82) is 0 Å². The number of fused-ring (bicyclic) bond motifs is 2. The van der Waals surface area contributed by atoms with E-state index in [0.717, 1.165) is 47.9 Å². The molecule has 0 aliphatic carbocycles. The molecule has 2 aliphatic rings. The van der Waals surface area contributed by atoms with E-state index in [1.165, 1.54) is 0 Å². The second-order valence-corrected chi connectivity index (χ2v) is 6.77. The third-order valence-corrected chi connectivity index (χ3v) is 5.02. The minimum Gasteiger partial charge on any atom is -0.335 e. The fraction of sp³-hybridized carbons (Fsp3) is 0.320. The number of benzene rings is 2. The average Bonchev–Trinajstić information content (AvgIpc) is 2.86. The first kappa shape index (κ1) is 27.8. The lowest BCUT2D eigenvalue weighted by atomic mass is 9.99. The second-order valence-electron chi connectivity index (χ2n) is 6.77. The Bertz CT molecular complexity index is 829. The maximum absolute atomic E-state index is 11.9. The Morgan fingerprint density at radius 1 is 0.781 bits per heavy atom. The van der Waals surface area contributed by atoms with Crippen LogP contribution in [0.5, 0.6) is 0 Å². The zero-order valence-electron chi connectivity index (χ0n) is 18.6. The smallest absolute Gasteiger partial charge is 0.254 e. The SMILES string of the molecule is C=CCN1CCc2ccccc2C1=O.CBr.CBr.O=CCN1CCc2ccccc2C1=O. The summed E-state index contributed by atoms with van der Waals surface area (Å²) in [5, 5.41) is 0. The van der Waals surface area contributed by atoms with Gasteiger partial charge in [-0.15, -0.1) is 6.58 Å². The number of nitrogens with zero attached hydrogens (tertiary/aromatic N) is 2. The molecule has 2 aliphatic heterocycles. The van der Waals surface area contributed by atoms with Crippen LogP contribution in [-0.2, 0) is 17.6 Å². The van der Waals surface area contributed by atoms with Gasteiger partial charge in [-0.2, -0.15) is 0 Å². The molecule has 0 fully saturated rings. The van der Waals surface area contributed by atoms with Gasteiger partial charge in [0.25, 0.3) is 11.8 Å². The maximum Gasteiger partial charge on any atom is 0.254 e. The molecule has 0 N–H and O–H groups in total. The molecule has 0 radical (unpaired) electrons. The monoisotopic (exact) mass is 564 g/mol. The summed E-state index contributed by atoms with van der Waals surface area (Å²) in [6.07, 6.45) is 4.34. The van der Waals surface area contributed by atoms with E-state index in [2.05, 4.69) is 38.4 Å². The van der Waals surface area contributed by atoms with Crippen LogP contribution in [0.1, 0.15) is 31.8 Å². The minimum absolute atomic E-state index is 0.0287. The van der Waals surface area contributed by atoms with Gasteiger partial charge in [-0.25, -0.2) is 0 Å². The molecule has 2 aromatic rings. The van der Waals surface area contributed by atoms with Crippen molar-refractivity contribution < 1.29 is 14.4 Å². The Morgan fingerprint density at radius 3 is 1.59 bits per heavy atom. The molecule has 0 saturated heterocycles. The standard InChI is InChI=1S/C12H13NO.C11H11NO2.2CH3Br/c1-2-8-13-9-7-10-5-3-4-6-11(10)12(13)14;13-8-7-12-6-5-9-3-1-2-4-10(9)11(12)14;2*1-2/h2-6H,1,7-9H2;1-4,8H,5-7H2;2*1H3. The molecule has 2 heterocycles. The number of rotatable bonds is 4. The molecule has 7 heteroatoms. The molecule has 0 saturated carbocycles. The van der Waals surface area contributed by atoms with E-state index in [4.69, 9.17) is 0 Å². The summed E-state index contributed by atoms with van der Waals surface area (Å²) in [4.78, 5) is 37.4. The number of carbonyl (C=O) groups is 3. The molecule has 2 aromatic carbocycles. The van der Waals surface area contributed by atoms with Gasteiger partial charge in [0, 0.05) is 30.8 Å². The van der Waals surface area contributed by atoms with E-state index in [-0.39, 0.29) is 18.4 Å². The Kier molecular flexibility index (Phi) is 13.5. The molecule has 2 amide bonds. The van der Waals surface area contributed by atoms with E-state index >= 15 is 0 Å². The quantitative estimate of drug-likeness (QED) is 0.305. The molecule has 5 nitrogen and oxygen atoms in total. The lowest BCUT2D eigenvalue weighted by Crippen LogP contribution is -2.38. The Hall–Kier alpha value is -2.25. The summed E-state index contributed by atoms with van der Waals surface area (Å²) >= 11 is 5.88. The van der Waals surface area contributed by atoms with Gasteiger partial charge in [-0.05, 0) is 47.8 Å². The van der Waals surface area contributed by atoms with Gasteiger partial charge in [0.1, 0.15) is 6.29 Å². The summed E-state index contributed by atoms with van der Waals surface area (Å²) in [7, 11) is 0. The molecular formula is C25H30Br2N2O3. The summed E-state index contributed by atoms with van der Waals surface area (Å²) in [5.74, 6) is 3.73. The number of aldehydes is 1. The number of alkyl halides is 2. The Balaban J connectivity index is 0.000000277. The van der Waals surface area contributed by atoms with Crippen LogP contribution in [0, 0.1) is 0 Å². The van der Waals surface area contributed by atoms with Crippen molar-refractivity contribution >= 4 is 50.0 Å². The topological polar surface area (TPSA) is 57.7 Å². The van der Waals surface area contributed by atoms with Crippen molar-refractivity contribution in [3.63, 3.8) is 0 Å². The van der Waals surface area contributed by atoms with Crippen LogP contribution in [0.15, 0.2) is 61.2 Å². The number of carbonyl (C=O) groups excluding carboxylic acids is 3. The van der Waals surface area contributed by atoms with Crippen molar-refractivity contribution in [2.45, 2.75) is 12.8 Å². The first-order valence-corrected chi connectivity index (χ1v) is 13.4. The number of hydrogen-bond donors (Lipinski definition) is 0. The highest BCUT2D eigenvalue weighted by atomic mass is 79.9. The number of amides is 2. The summed E-state index contributed by atoms with van der Waals surface area (Å²) in [6, 6.07) is 15.4. The van der Waals surface area contributed by atoms with Gasteiger partial charge in [0.2, 0.25) is 0 Å². The van der Waals surface area contributed by atoms with Crippen molar-refractivity contribution in [2.24, 2.45) is 0 Å². The van der Waals surface area contributed by atoms with E-state index < -0.39 is 0 Å². The van der Waals surface area contributed by atoms with Crippen LogP contribution >= 0.6 is 31.9 Å². The van der Waals surface area contributed by atoms with E-state index in [1.807, 2.05) is 65.1 Å². The van der Waals surface area contributed by atoms with Gasteiger partial charge >= 0.3 is 0 Å². The molecule has 32 heavy (non-hydrogen) atoms. The molecule has 0 spiro atoms. The second kappa shape index (κ2) is 15.5. The van der Waals surface area contributed by atoms with Gasteiger partial charge in [0.15, 0.2) is 0 Å². The van der Waals surface area contributed by atoms with Crippen LogP contribution in [0.2, 0.25) is 0 Å². The van der Waals surface area contributed by atoms with Crippen molar-refractivity contribution in [3.05, 3.63) is 83.4 Å². The van der Waals surface area contributed by atoms with Crippen molar-refractivity contribution in [1.82, 2.24) is 9.80 Å². The van der Waals surface area contributed by atoms with Crippen LogP contribution in [0.3, 0.4) is 0 Å². The van der Waals surface area contributed by atoms with Gasteiger partial charge < -0.3 is 14.6 Å². The molecule has 0 unspecified atom stereocenters. The van der Waals surface area contributed by atoms with Crippen molar-refractivity contribution in [2.75, 3.05) is 37.8 Å². The van der Waals surface area contributed by atoms with Crippen LogP contribution < -0.4 is 0 Å². The maximum atomic E-state index is 11.9. The van der Waals surface area contributed by atoms with Crippen LogP contribution in [0.4, 0.5) is 0 Å². The summed E-state index contributed by atoms with van der Waals surface area (Å²) < 4.78 is 0. The molecule has 0 atom stereocenters. The predicted molar refractivity (Wildman–Crippen MR) is 138 cm³/mol. The fourth-order valence-corrected chi connectivity index (χ4v) is 3.54. The molecule has 172 valence electrons. The largest absolute Gasteiger partial charge is 0.335 e. The van der Waals surface area contributed by atoms with Gasteiger partial charge in [-0.1, -0.05) is 74.3 Å². The zero-order valence-corrected chi connectivity index (χ0v) is 21.8. The van der Waals surface area contributed by atoms with Crippen LogP contribution in [-0.4, -0.2) is 65.7 Å². The minimum atomic E-state index is -0.0287. The Labute approximate surface area is 207 Å². The fourth-order valence-electron chi connectivity index (χ4n) is 3.54. The molecule has 0 aromatic heterocycles. The summed E-state index contributed by atoms with van der Waals surface area (Å²) in [5.41, 5.74) is 3.83. The third kappa shape index (κ3) is 7.41. The zero-order chi connectivity index (χ0) is 23.9. The molecule has 4 rings (SSSR count). The lowest BCUT2D eigenvalue weighted by molar-refractivity contribution is -0.108. The van der Waals surface area contributed by atoms with Crippen LogP contribution in [0.25, 0.3) is 0 Å². The first-order valence-electron chi connectivity index (χ1n) is 10.2. The van der Waals surface area contributed by atoms with E-state index in [1.54, 1.807) is 11.0 Å². The molecule has 0 bridgehead atoms. The predicted octanol–water partition coefficient (Wildman–Crippen LogP) is 4.78. The highest BCUT2D eigenvalue weighted by Crippen LogP contribution is 2.18. The van der Waals surface area contributed by atoms with Crippen molar-refractivity contribution in [3.8, 4) is 0 Å². The van der Waals surface area contributed by atoms with Gasteiger partial charge in [0.05, 0.1) is 6.54 Å². The van der Waals surface area contributed by atoms with E-state index in [0.29, 0.717) is 13.1 Å². The first-order chi connectivity index (χ1) is 15.7. The normalized spacial score (nSPS) is 13.6. The highest BCUT2D eigenvalue weighted by Gasteiger charge is 2.23. The summed E-state index contributed by atoms with van der Waals surface area (Å²) in [6.45, 7) is 5.95. The average molecular weight is 566 g/mol. The molecular weight excluding hydrogens is 536 g/mol. The Morgan fingerprint density at radius 2 is 1.19 bits per heavy atom. The number of halogens is 2. The number of hydrogen-bond acceptors (Lipinski definition) is 3.